The molecule has 37 heavy (non-hydrogen) atoms. The molecule has 0 amide bonds. The van der Waals surface area contributed by atoms with Crippen molar-refractivity contribution in [3.8, 4) is 11.5 Å². The van der Waals surface area contributed by atoms with Gasteiger partial charge >= 0.3 is 5.97 Å². The van der Waals surface area contributed by atoms with Crippen LogP contribution in [0.3, 0.4) is 0 Å². The van der Waals surface area contributed by atoms with Crippen molar-refractivity contribution < 1.29 is 19.8 Å². The molecule has 4 rings (SSSR count). The second-order valence-electron chi connectivity index (χ2n) is 8.68. The average Bonchev–Trinajstić information content (AvgIpc) is 2.88. The molecule has 1 unspecified atom stereocenters. The molecule has 0 aliphatic carbocycles. The van der Waals surface area contributed by atoms with Gasteiger partial charge in [0.1, 0.15) is 11.5 Å². The standard InChI is InChI=1S/C29H25ClN2O5/c1-18-14-22(30)9-12-25(18)26(16-27(31-36)21-8-13-28(33)32(2)17-21)19-6-10-23(11-7-19)37-24-5-3-4-20(15-24)29(34)35/h3-15,17,26,36H,16H2,1-2H3,(H,34,35). The summed E-state index contributed by atoms with van der Waals surface area (Å²) in [6, 6.07) is 22.5. The molecule has 0 fully saturated rings. The van der Waals surface area contributed by atoms with E-state index < -0.39 is 5.97 Å². The molecule has 2 N–H and O–H groups in total. The first-order chi connectivity index (χ1) is 17.7. The Morgan fingerprint density at radius 3 is 2.41 bits per heavy atom. The summed E-state index contributed by atoms with van der Waals surface area (Å²) in [4.78, 5) is 23.1. The van der Waals surface area contributed by atoms with Gasteiger partial charge in [-0.1, -0.05) is 41.0 Å². The van der Waals surface area contributed by atoms with Crippen LogP contribution >= 0.6 is 11.6 Å². The lowest BCUT2D eigenvalue weighted by Gasteiger charge is -2.21. The first kappa shape index (κ1) is 25.7. The molecule has 1 heterocycles. The van der Waals surface area contributed by atoms with Crippen molar-refractivity contribution in [1.29, 1.82) is 0 Å². The molecule has 1 atom stereocenters. The van der Waals surface area contributed by atoms with Gasteiger partial charge in [-0.15, -0.1) is 0 Å². The van der Waals surface area contributed by atoms with Gasteiger partial charge in [0.15, 0.2) is 0 Å². The summed E-state index contributed by atoms with van der Waals surface area (Å²) in [6.07, 6.45) is 2.00. The summed E-state index contributed by atoms with van der Waals surface area (Å²) in [7, 11) is 1.65. The molecule has 0 saturated carbocycles. The first-order valence-electron chi connectivity index (χ1n) is 11.5. The van der Waals surface area contributed by atoms with E-state index in [1.165, 1.54) is 22.8 Å². The summed E-state index contributed by atoms with van der Waals surface area (Å²) in [5.74, 6) is -0.249. The van der Waals surface area contributed by atoms with Crippen LogP contribution in [0.5, 0.6) is 11.5 Å². The quantitative estimate of drug-likeness (QED) is 0.164. The SMILES string of the molecule is Cc1cc(Cl)ccc1C(CC(=NO)c1ccc(=O)n(C)c1)c1ccc(Oc2cccc(C(=O)O)c2)cc1. The van der Waals surface area contributed by atoms with E-state index in [-0.39, 0.29) is 17.0 Å². The van der Waals surface area contributed by atoms with E-state index in [1.807, 2.05) is 49.4 Å². The molecule has 0 spiro atoms. The van der Waals surface area contributed by atoms with Crippen LogP contribution in [0, 0.1) is 6.92 Å². The minimum atomic E-state index is -1.03. The number of aryl methyl sites for hydroxylation is 2. The van der Waals surface area contributed by atoms with Crippen molar-refractivity contribution in [1.82, 2.24) is 4.57 Å². The lowest BCUT2D eigenvalue weighted by Crippen LogP contribution is -2.18. The Balaban J connectivity index is 1.67. The summed E-state index contributed by atoms with van der Waals surface area (Å²) in [5, 5.41) is 23.3. The van der Waals surface area contributed by atoms with Gasteiger partial charge in [0, 0.05) is 42.2 Å². The van der Waals surface area contributed by atoms with Gasteiger partial charge in [0.2, 0.25) is 5.56 Å². The zero-order valence-corrected chi connectivity index (χ0v) is 21.0. The fourth-order valence-corrected chi connectivity index (χ4v) is 4.44. The van der Waals surface area contributed by atoms with E-state index in [1.54, 1.807) is 31.4 Å². The van der Waals surface area contributed by atoms with Crippen molar-refractivity contribution >= 4 is 23.3 Å². The first-order valence-corrected chi connectivity index (χ1v) is 11.9. The van der Waals surface area contributed by atoms with Crippen LogP contribution in [0.15, 0.2) is 95.0 Å². The number of benzene rings is 3. The maximum atomic E-state index is 11.8. The highest BCUT2D eigenvalue weighted by molar-refractivity contribution is 6.30. The van der Waals surface area contributed by atoms with Crippen LogP contribution < -0.4 is 10.3 Å². The maximum Gasteiger partial charge on any atom is 0.335 e. The second-order valence-corrected chi connectivity index (χ2v) is 9.11. The molecular formula is C29H25ClN2O5. The van der Waals surface area contributed by atoms with Crippen LogP contribution in [0.2, 0.25) is 5.02 Å². The Hall–Kier alpha value is -4.36. The maximum absolute atomic E-state index is 11.8. The molecule has 3 aromatic carbocycles. The minimum Gasteiger partial charge on any atom is -0.478 e. The summed E-state index contributed by atoms with van der Waals surface area (Å²) in [5.41, 5.74) is 4.00. The van der Waals surface area contributed by atoms with E-state index >= 15 is 0 Å². The summed E-state index contributed by atoms with van der Waals surface area (Å²) >= 11 is 6.21. The Kier molecular flexibility index (Phi) is 7.74. The predicted molar refractivity (Wildman–Crippen MR) is 143 cm³/mol. The highest BCUT2D eigenvalue weighted by Gasteiger charge is 2.21. The number of nitrogens with zero attached hydrogens (tertiary/aromatic N) is 2. The smallest absolute Gasteiger partial charge is 0.335 e. The molecule has 188 valence electrons. The fourth-order valence-electron chi connectivity index (χ4n) is 4.21. The van der Waals surface area contributed by atoms with Gasteiger partial charge < -0.3 is 19.6 Å². The molecule has 0 saturated heterocycles. The van der Waals surface area contributed by atoms with Crippen LogP contribution in [0.4, 0.5) is 0 Å². The molecule has 7 nitrogen and oxygen atoms in total. The highest BCUT2D eigenvalue weighted by atomic mass is 35.5. The molecule has 0 radical (unpaired) electrons. The molecule has 4 aromatic rings. The number of hydrogen-bond acceptors (Lipinski definition) is 5. The molecule has 0 aliphatic heterocycles. The number of hydrogen-bond donors (Lipinski definition) is 2. The van der Waals surface area contributed by atoms with E-state index in [2.05, 4.69) is 5.16 Å². The predicted octanol–water partition coefficient (Wildman–Crippen LogP) is 6.24. The van der Waals surface area contributed by atoms with Gasteiger partial charge in [0.25, 0.3) is 0 Å². The third-order valence-electron chi connectivity index (χ3n) is 6.14. The zero-order valence-electron chi connectivity index (χ0n) is 20.3. The topological polar surface area (TPSA) is 101 Å². The van der Waals surface area contributed by atoms with Gasteiger partial charge in [-0.25, -0.2) is 4.79 Å². The second kappa shape index (κ2) is 11.1. The van der Waals surface area contributed by atoms with Crippen LogP contribution in [0.25, 0.3) is 0 Å². The van der Waals surface area contributed by atoms with Crippen molar-refractivity contribution in [2.24, 2.45) is 12.2 Å². The van der Waals surface area contributed by atoms with Gasteiger partial charge in [-0.05, 0) is 72.1 Å². The van der Waals surface area contributed by atoms with Crippen molar-refractivity contribution in [3.63, 3.8) is 0 Å². The number of aromatic nitrogens is 1. The number of rotatable bonds is 8. The lowest BCUT2D eigenvalue weighted by molar-refractivity contribution is 0.0696. The monoisotopic (exact) mass is 516 g/mol. The van der Waals surface area contributed by atoms with Crippen LogP contribution in [-0.4, -0.2) is 26.6 Å². The van der Waals surface area contributed by atoms with E-state index in [4.69, 9.17) is 16.3 Å². The van der Waals surface area contributed by atoms with Crippen molar-refractivity contribution in [2.45, 2.75) is 19.3 Å². The molecular weight excluding hydrogens is 492 g/mol. The Bertz CT molecular complexity index is 1530. The largest absolute Gasteiger partial charge is 0.478 e. The molecule has 8 heteroatoms. The van der Waals surface area contributed by atoms with E-state index in [0.29, 0.717) is 34.2 Å². The van der Waals surface area contributed by atoms with Gasteiger partial charge in [-0.3, -0.25) is 4.79 Å². The Labute approximate surface area is 218 Å². The zero-order chi connectivity index (χ0) is 26.5. The Morgan fingerprint density at radius 1 is 1.00 bits per heavy atom. The number of aromatic carboxylic acids is 1. The number of ether oxygens (including phenoxy) is 1. The normalized spacial score (nSPS) is 12.2. The summed E-state index contributed by atoms with van der Waals surface area (Å²) < 4.78 is 7.31. The molecule has 1 aromatic heterocycles. The van der Waals surface area contributed by atoms with Crippen molar-refractivity contribution in [3.05, 3.63) is 128 Å². The van der Waals surface area contributed by atoms with Crippen molar-refractivity contribution in [2.75, 3.05) is 0 Å². The Morgan fingerprint density at radius 2 is 1.76 bits per heavy atom. The number of carbonyl (C=O) groups is 1. The average molecular weight is 517 g/mol. The number of carboxylic acids is 1. The highest BCUT2D eigenvalue weighted by Crippen LogP contribution is 2.34. The number of carboxylic acid groups (broad SMARTS) is 1. The van der Waals surface area contributed by atoms with E-state index in [9.17, 15) is 19.9 Å². The van der Waals surface area contributed by atoms with Gasteiger partial charge in [0.05, 0.1) is 11.3 Å². The van der Waals surface area contributed by atoms with E-state index in [0.717, 1.165) is 16.7 Å². The fraction of sp³-hybridized carbons (Fsp3) is 0.138. The lowest BCUT2D eigenvalue weighted by atomic mass is 9.83. The third-order valence-corrected chi connectivity index (χ3v) is 6.38. The van der Waals surface area contributed by atoms with Gasteiger partial charge in [-0.2, -0.15) is 0 Å². The third kappa shape index (κ3) is 6.08. The summed E-state index contributed by atoms with van der Waals surface area (Å²) in [6.45, 7) is 1.98. The van der Waals surface area contributed by atoms with Crippen LogP contribution in [0.1, 0.15) is 45.0 Å². The van der Waals surface area contributed by atoms with Crippen LogP contribution in [-0.2, 0) is 7.05 Å². The number of halogens is 1. The number of oxime groups is 1. The number of pyridine rings is 1. The molecule has 0 bridgehead atoms. The molecule has 0 aliphatic rings. The minimum absolute atomic E-state index is 0.140.